The Labute approximate surface area is 163 Å². The quantitative estimate of drug-likeness (QED) is 0.812. The van der Waals surface area contributed by atoms with Crippen LogP contribution in [0.4, 0.5) is 0 Å². The molecule has 0 unspecified atom stereocenters. The Hall–Kier alpha value is -1.84. The van der Waals surface area contributed by atoms with Crippen molar-refractivity contribution in [3.8, 4) is 0 Å². The summed E-state index contributed by atoms with van der Waals surface area (Å²) in [4.78, 5) is 27.6. The average Bonchev–Trinajstić information content (AvgIpc) is 3.19. The molecule has 0 aliphatic heterocycles. The lowest BCUT2D eigenvalue weighted by Crippen LogP contribution is -2.43. The van der Waals surface area contributed by atoms with Crippen LogP contribution in [-0.2, 0) is 16.1 Å². The predicted molar refractivity (Wildman–Crippen MR) is 108 cm³/mol. The van der Waals surface area contributed by atoms with E-state index in [2.05, 4.69) is 31.3 Å². The molecule has 1 aromatic rings. The summed E-state index contributed by atoms with van der Waals surface area (Å²) in [5, 5.41) is 3.23. The van der Waals surface area contributed by atoms with Crippen LogP contribution in [0, 0.1) is 11.8 Å². The molecule has 148 valence electrons. The number of rotatable bonds is 6. The van der Waals surface area contributed by atoms with Gasteiger partial charge in [0.15, 0.2) is 0 Å². The number of hydrogen-bond donors (Lipinski definition) is 1. The molecule has 2 aliphatic rings. The Balaban J connectivity index is 1.52. The zero-order chi connectivity index (χ0) is 19.2. The van der Waals surface area contributed by atoms with Crippen LogP contribution in [0.2, 0.25) is 0 Å². The molecular weight excluding hydrogens is 336 g/mol. The lowest BCUT2D eigenvalue weighted by atomic mass is 9.80. The van der Waals surface area contributed by atoms with Gasteiger partial charge < -0.3 is 10.2 Å². The van der Waals surface area contributed by atoms with Crippen molar-refractivity contribution in [1.82, 2.24) is 10.2 Å². The predicted octanol–water partition coefficient (Wildman–Crippen LogP) is 4.29. The summed E-state index contributed by atoms with van der Waals surface area (Å²) in [7, 11) is 0. The summed E-state index contributed by atoms with van der Waals surface area (Å²) in [5.74, 6) is 0.629. The van der Waals surface area contributed by atoms with Crippen molar-refractivity contribution < 1.29 is 9.59 Å². The van der Waals surface area contributed by atoms with Crippen LogP contribution >= 0.6 is 0 Å². The number of amides is 2. The molecule has 0 saturated heterocycles. The molecule has 1 aromatic carbocycles. The minimum absolute atomic E-state index is 0.0617. The molecule has 3 rings (SSSR count). The minimum atomic E-state index is 0.0617. The first kappa shape index (κ1) is 19.9. The number of benzene rings is 1. The fourth-order valence-corrected chi connectivity index (χ4v) is 4.52. The van der Waals surface area contributed by atoms with Crippen LogP contribution < -0.4 is 5.32 Å². The molecule has 0 radical (unpaired) electrons. The van der Waals surface area contributed by atoms with Crippen molar-refractivity contribution in [3.05, 3.63) is 35.9 Å². The van der Waals surface area contributed by atoms with E-state index >= 15 is 0 Å². The third-order valence-electron chi connectivity index (χ3n) is 6.25. The Kier molecular flexibility index (Phi) is 6.92. The molecule has 4 heteroatoms. The Morgan fingerprint density at radius 3 is 2.15 bits per heavy atom. The molecule has 0 heterocycles. The lowest BCUT2D eigenvalue weighted by molar-refractivity contribution is -0.140. The standard InChI is InChI=1S/C23H34N2O2/c1-17(2)25(16-18-8-4-3-5-9-18)23(27)20-14-12-19(13-15-20)22(26)24-21-10-6-7-11-21/h3-5,8-9,17,19-21H,6-7,10-16H2,1-2H3,(H,24,26). The topological polar surface area (TPSA) is 49.4 Å². The molecule has 27 heavy (non-hydrogen) atoms. The molecular formula is C23H34N2O2. The van der Waals surface area contributed by atoms with Crippen molar-refractivity contribution in [2.75, 3.05) is 0 Å². The SMILES string of the molecule is CC(C)N(Cc1ccccc1)C(=O)C1CCC(C(=O)NC2CCCC2)CC1. The highest BCUT2D eigenvalue weighted by Crippen LogP contribution is 2.31. The van der Waals surface area contributed by atoms with Gasteiger partial charge in [0.05, 0.1) is 0 Å². The van der Waals surface area contributed by atoms with Gasteiger partial charge in [-0.2, -0.15) is 0 Å². The van der Waals surface area contributed by atoms with Crippen LogP contribution in [0.15, 0.2) is 30.3 Å². The molecule has 0 spiro atoms. The number of carbonyl (C=O) groups is 2. The fourth-order valence-electron chi connectivity index (χ4n) is 4.52. The van der Waals surface area contributed by atoms with Crippen LogP contribution in [0.5, 0.6) is 0 Å². The van der Waals surface area contributed by atoms with Gasteiger partial charge in [0.2, 0.25) is 11.8 Å². The van der Waals surface area contributed by atoms with Gasteiger partial charge in [-0.1, -0.05) is 43.2 Å². The number of hydrogen-bond acceptors (Lipinski definition) is 2. The summed E-state index contributed by atoms with van der Waals surface area (Å²) >= 11 is 0. The second kappa shape index (κ2) is 9.38. The highest BCUT2D eigenvalue weighted by Gasteiger charge is 2.33. The monoisotopic (exact) mass is 370 g/mol. The molecule has 0 bridgehead atoms. The molecule has 2 aliphatic carbocycles. The van der Waals surface area contributed by atoms with Gasteiger partial charge in [0, 0.05) is 30.5 Å². The molecule has 0 atom stereocenters. The van der Waals surface area contributed by atoms with E-state index in [1.54, 1.807) is 0 Å². The molecule has 4 nitrogen and oxygen atoms in total. The van der Waals surface area contributed by atoms with E-state index < -0.39 is 0 Å². The van der Waals surface area contributed by atoms with Crippen molar-refractivity contribution >= 4 is 11.8 Å². The third-order valence-corrected chi connectivity index (χ3v) is 6.25. The molecule has 1 N–H and O–H groups in total. The zero-order valence-electron chi connectivity index (χ0n) is 16.8. The smallest absolute Gasteiger partial charge is 0.226 e. The third kappa shape index (κ3) is 5.33. The zero-order valence-corrected chi connectivity index (χ0v) is 16.8. The second-order valence-corrected chi connectivity index (χ2v) is 8.58. The first-order valence-corrected chi connectivity index (χ1v) is 10.7. The van der Waals surface area contributed by atoms with E-state index in [4.69, 9.17) is 0 Å². The van der Waals surface area contributed by atoms with Crippen molar-refractivity contribution in [2.45, 2.75) is 83.8 Å². The van der Waals surface area contributed by atoms with E-state index in [-0.39, 0.29) is 29.7 Å². The summed E-state index contributed by atoms with van der Waals surface area (Å²) in [5.41, 5.74) is 1.17. The van der Waals surface area contributed by atoms with Crippen molar-refractivity contribution in [2.24, 2.45) is 11.8 Å². The van der Waals surface area contributed by atoms with Crippen LogP contribution in [-0.4, -0.2) is 28.8 Å². The number of nitrogens with one attached hydrogen (secondary N) is 1. The fraction of sp³-hybridized carbons (Fsp3) is 0.652. The average molecular weight is 371 g/mol. The Morgan fingerprint density at radius 2 is 1.56 bits per heavy atom. The normalized spacial score (nSPS) is 23.4. The van der Waals surface area contributed by atoms with Crippen LogP contribution in [0.25, 0.3) is 0 Å². The van der Waals surface area contributed by atoms with Gasteiger partial charge in [0.25, 0.3) is 0 Å². The summed E-state index contributed by atoms with van der Waals surface area (Å²) in [6.07, 6.45) is 8.07. The molecule has 0 aromatic heterocycles. The summed E-state index contributed by atoms with van der Waals surface area (Å²) in [6, 6.07) is 10.8. The summed E-state index contributed by atoms with van der Waals surface area (Å²) in [6.45, 7) is 4.84. The van der Waals surface area contributed by atoms with E-state index in [0.29, 0.717) is 12.6 Å². The van der Waals surface area contributed by atoms with Gasteiger partial charge in [-0.15, -0.1) is 0 Å². The summed E-state index contributed by atoms with van der Waals surface area (Å²) < 4.78 is 0. The maximum atomic E-state index is 13.1. The Morgan fingerprint density at radius 1 is 0.963 bits per heavy atom. The van der Waals surface area contributed by atoms with Crippen molar-refractivity contribution in [3.63, 3.8) is 0 Å². The van der Waals surface area contributed by atoms with Crippen LogP contribution in [0.1, 0.15) is 70.8 Å². The molecule has 2 fully saturated rings. The van der Waals surface area contributed by atoms with Gasteiger partial charge in [-0.3, -0.25) is 9.59 Å². The number of carbonyl (C=O) groups excluding carboxylic acids is 2. The van der Waals surface area contributed by atoms with Crippen LogP contribution in [0.3, 0.4) is 0 Å². The van der Waals surface area contributed by atoms with E-state index in [0.717, 1.165) is 38.5 Å². The molecule has 2 amide bonds. The van der Waals surface area contributed by atoms with Gasteiger partial charge >= 0.3 is 0 Å². The maximum absolute atomic E-state index is 13.1. The van der Waals surface area contributed by atoms with E-state index in [1.165, 1.54) is 18.4 Å². The Bertz CT molecular complexity index is 615. The largest absolute Gasteiger partial charge is 0.353 e. The lowest BCUT2D eigenvalue weighted by Gasteiger charge is -2.34. The molecule has 2 saturated carbocycles. The highest BCUT2D eigenvalue weighted by atomic mass is 16.2. The second-order valence-electron chi connectivity index (χ2n) is 8.58. The van der Waals surface area contributed by atoms with Gasteiger partial charge in [-0.05, 0) is 57.9 Å². The van der Waals surface area contributed by atoms with Crippen molar-refractivity contribution in [1.29, 1.82) is 0 Å². The van der Waals surface area contributed by atoms with E-state index in [9.17, 15) is 9.59 Å². The minimum Gasteiger partial charge on any atom is -0.353 e. The number of nitrogens with zero attached hydrogens (tertiary/aromatic N) is 1. The van der Waals surface area contributed by atoms with E-state index in [1.807, 2.05) is 23.1 Å². The van der Waals surface area contributed by atoms with Gasteiger partial charge in [-0.25, -0.2) is 0 Å². The van der Waals surface area contributed by atoms with Gasteiger partial charge in [0.1, 0.15) is 0 Å². The first-order chi connectivity index (χ1) is 13.0. The highest BCUT2D eigenvalue weighted by molar-refractivity contribution is 5.81. The first-order valence-electron chi connectivity index (χ1n) is 10.7. The maximum Gasteiger partial charge on any atom is 0.226 e.